The van der Waals surface area contributed by atoms with Crippen LogP contribution in [0.3, 0.4) is 0 Å². The molecule has 0 rings (SSSR count). The van der Waals surface area contributed by atoms with Crippen molar-refractivity contribution in [3.8, 4) is 0 Å². The molecule has 0 unspecified atom stereocenters. The number of hydrogen-bond donors (Lipinski definition) is 2. The van der Waals surface area contributed by atoms with Crippen molar-refractivity contribution < 1.29 is 18.7 Å². The van der Waals surface area contributed by atoms with Crippen LogP contribution in [0, 0.1) is 0 Å². The van der Waals surface area contributed by atoms with Gasteiger partial charge < -0.3 is 10.8 Å². The zero-order chi connectivity index (χ0) is 10.3. The van der Waals surface area contributed by atoms with Crippen molar-refractivity contribution in [2.24, 2.45) is 5.73 Å². The van der Waals surface area contributed by atoms with Crippen LogP contribution < -0.4 is 5.73 Å². The molecule has 0 amide bonds. The number of hydrogen-bond acceptors (Lipinski definition) is 3. The Kier molecular flexibility index (Phi) is 6.52. The summed E-state index contributed by atoms with van der Waals surface area (Å²) in [4.78, 5) is 10.2. The number of thioether (sulfide) groups is 1. The third-order valence-corrected chi connectivity index (χ3v) is 2.17. The zero-order valence-corrected chi connectivity index (χ0v) is 7.69. The zero-order valence-electron chi connectivity index (χ0n) is 6.87. The Morgan fingerprint density at radius 2 is 2.23 bits per heavy atom. The molecule has 0 aliphatic heterocycles. The lowest BCUT2D eigenvalue weighted by Crippen LogP contribution is -2.30. The maximum absolute atomic E-state index is 11.5. The van der Waals surface area contributed by atoms with Gasteiger partial charge >= 0.3 is 5.97 Å². The lowest BCUT2D eigenvalue weighted by molar-refractivity contribution is -0.138. The van der Waals surface area contributed by atoms with E-state index in [4.69, 9.17) is 10.8 Å². The van der Waals surface area contributed by atoms with E-state index in [0.29, 0.717) is 12.2 Å². The van der Waals surface area contributed by atoms with Gasteiger partial charge in [0.2, 0.25) is 0 Å². The van der Waals surface area contributed by atoms with Crippen molar-refractivity contribution >= 4 is 17.7 Å². The molecule has 0 aromatic heterocycles. The van der Waals surface area contributed by atoms with Crippen LogP contribution in [0.1, 0.15) is 6.42 Å². The summed E-state index contributed by atoms with van der Waals surface area (Å²) in [5.74, 6) is -0.404. The van der Waals surface area contributed by atoms with Gasteiger partial charge in [-0.05, 0) is 18.2 Å². The van der Waals surface area contributed by atoms with E-state index in [-0.39, 0.29) is 5.75 Å². The number of aliphatic carboxylic acids is 1. The third-order valence-electron chi connectivity index (χ3n) is 1.25. The van der Waals surface area contributed by atoms with Crippen molar-refractivity contribution in [1.82, 2.24) is 0 Å². The first-order valence-electron chi connectivity index (χ1n) is 3.61. The fourth-order valence-corrected chi connectivity index (χ4v) is 1.37. The maximum Gasteiger partial charge on any atom is 0.320 e. The molecule has 0 aromatic rings. The highest BCUT2D eigenvalue weighted by atomic mass is 32.2. The van der Waals surface area contributed by atoms with Gasteiger partial charge in [0, 0.05) is 5.75 Å². The number of carboxylic acid groups (broad SMARTS) is 1. The molecule has 76 valence electrons. The molecule has 0 saturated carbocycles. The molecule has 0 aromatic carbocycles. The Balaban J connectivity index is 3.36. The van der Waals surface area contributed by atoms with Crippen molar-refractivity contribution in [3.63, 3.8) is 0 Å². The van der Waals surface area contributed by atoms with Crippen molar-refractivity contribution in [2.75, 3.05) is 11.5 Å². The lowest BCUT2D eigenvalue weighted by atomic mass is 10.2. The van der Waals surface area contributed by atoms with Crippen LogP contribution in [0.5, 0.6) is 0 Å². The van der Waals surface area contributed by atoms with E-state index in [0.717, 1.165) is 6.08 Å². The molecule has 0 spiro atoms. The largest absolute Gasteiger partial charge is 0.480 e. The second-order valence-electron chi connectivity index (χ2n) is 2.30. The normalized spacial score (nSPS) is 12.2. The van der Waals surface area contributed by atoms with Crippen molar-refractivity contribution in [1.29, 1.82) is 0 Å². The fourth-order valence-electron chi connectivity index (χ4n) is 0.539. The molecule has 0 saturated heterocycles. The molecule has 3 N–H and O–H groups in total. The predicted octanol–water partition coefficient (Wildman–Crippen LogP) is 1.30. The van der Waals surface area contributed by atoms with E-state index in [1.54, 1.807) is 0 Å². The van der Waals surface area contributed by atoms with E-state index >= 15 is 0 Å². The number of halogens is 2. The number of nitrogens with two attached hydrogens (primary N) is 1. The van der Waals surface area contributed by atoms with Crippen LogP contribution >= 0.6 is 11.8 Å². The standard InChI is InChI=1S/C7H11F2NO2S/c8-6(9)2-4-13-3-1-5(10)7(11)12/h2,5H,1,3-4,10H2,(H,11,12)/t5-/m0/s1. The van der Waals surface area contributed by atoms with Gasteiger partial charge in [-0.1, -0.05) is 0 Å². The minimum absolute atomic E-state index is 0.189. The minimum Gasteiger partial charge on any atom is -0.480 e. The monoisotopic (exact) mass is 211 g/mol. The smallest absolute Gasteiger partial charge is 0.320 e. The van der Waals surface area contributed by atoms with Crippen LogP contribution in [-0.2, 0) is 4.79 Å². The van der Waals surface area contributed by atoms with Crippen LogP contribution in [0.25, 0.3) is 0 Å². The molecule has 0 bridgehead atoms. The topological polar surface area (TPSA) is 63.3 Å². The Morgan fingerprint density at radius 3 is 2.69 bits per heavy atom. The van der Waals surface area contributed by atoms with E-state index in [1.807, 2.05) is 0 Å². The summed E-state index contributed by atoms with van der Waals surface area (Å²) in [6, 6.07) is -0.897. The molecule has 0 fully saturated rings. The second-order valence-corrected chi connectivity index (χ2v) is 3.45. The third kappa shape index (κ3) is 7.73. The quantitative estimate of drug-likeness (QED) is 0.650. The number of carboxylic acids is 1. The van der Waals surface area contributed by atoms with Gasteiger partial charge in [-0.2, -0.15) is 20.5 Å². The maximum atomic E-state index is 11.5. The fraction of sp³-hybridized carbons (Fsp3) is 0.571. The van der Waals surface area contributed by atoms with Crippen LogP contribution in [-0.4, -0.2) is 28.6 Å². The summed E-state index contributed by atoms with van der Waals surface area (Å²) < 4.78 is 23.0. The summed E-state index contributed by atoms with van der Waals surface area (Å²) >= 11 is 1.23. The molecule has 0 aliphatic carbocycles. The van der Waals surface area contributed by atoms with Gasteiger partial charge in [0.25, 0.3) is 6.08 Å². The first-order valence-corrected chi connectivity index (χ1v) is 4.76. The van der Waals surface area contributed by atoms with E-state index < -0.39 is 18.1 Å². The summed E-state index contributed by atoms with van der Waals surface area (Å²) in [7, 11) is 0. The number of rotatable bonds is 6. The highest BCUT2D eigenvalue weighted by Crippen LogP contribution is 2.07. The highest BCUT2D eigenvalue weighted by molar-refractivity contribution is 7.99. The molecule has 13 heavy (non-hydrogen) atoms. The lowest BCUT2D eigenvalue weighted by Gasteiger charge is -2.03. The molecular weight excluding hydrogens is 200 g/mol. The van der Waals surface area contributed by atoms with Crippen molar-refractivity contribution in [3.05, 3.63) is 12.2 Å². The van der Waals surface area contributed by atoms with Crippen LogP contribution in [0.15, 0.2) is 12.2 Å². The van der Waals surface area contributed by atoms with Gasteiger partial charge in [0.15, 0.2) is 0 Å². The average Bonchev–Trinajstić information content (AvgIpc) is 2.02. The minimum atomic E-state index is -1.71. The van der Waals surface area contributed by atoms with Crippen LogP contribution in [0.2, 0.25) is 0 Å². The highest BCUT2D eigenvalue weighted by Gasteiger charge is 2.09. The molecule has 6 heteroatoms. The Morgan fingerprint density at radius 1 is 1.62 bits per heavy atom. The Labute approximate surface area is 79.0 Å². The summed E-state index contributed by atoms with van der Waals surface area (Å²) in [5, 5.41) is 8.36. The molecule has 0 aliphatic rings. The number of carbonyl (C=O) groups is 1. The Hall–Kier alpha value is -0.620. The summed E-state index contributed by atoms with van der Waals surface area (Å²) in [6.45, 7) is 0. The molecule has 0 heterocycles. The predicted molar refractivity (Wildman–Crippen MR) is 47.9 cm³/mol. The van der Waals surface area contributed by atoms with E-state index in [2.05, 4.69) is 0 Å². The van der Waals surface area contributed by atoms with Gasteiger partial charge in [-0.15, -0.1) is 0 Å². The molecule has 0 radical (unpaired) electrons. The van der Waals surface area contributed by atoms with Gasteiger partial charge in [0.05, 0.1) is 0 Å². The molecule has 1 atom stereocenters. The SMILES string of the molecule is N[C@@H](CCSCC=C(F)F)C(=O)O. The van der Waals surface area contributed by atoms with E-state index in [9.17, 15) is 13.6 Å². The van der Waals surface area contributed by atoms with Gasteiger partial charge in [0.1, 0.15) is 6.04 Å². The summed E-state index contributed by atoms with van der Waals surface area (Å²) in [5.41, 5.74) is 5.18. The second kappa shape index (κ2) is 6.85. The Bertz CT molecular complexity index is 195. The average molecular weight is 211 g/mol. The van der Waals surface area contributed by atoms with Crippen LogP contribution in [0.4, 0.5) is 8.78 Å². The van der Waals surface area contributed by atoms with Gasteiger partial charge in [-0.3, -0.25) is 4.79 Å². The first-order chi connectivity index (χ1) is 6.04. The molecule has 3 nitrogen and oxygen atoms in total. The first kappa shape index (κ1) is 12.4. The van der Waals surface area contributed by atoms with Crippen molar-refractivity contribution in [2.45, 2.75) is 12.5 Å². The molecular formula is C7H11F2NO2S. The van der Waals surface area contributed by atoms with Gasteiger partial charge in [-0.25, -0.2) is 0 Å². The summed E-state index contributed by atoms with van der Waals surface area (Å²) in [6.07, 6.45) is -0.631. The van der Waals surface area contributed by atoms with E-state index in [1.165, 1.54) is 11.8 Å².